The molecule has 0 saturated heterocycles. The number of unbranched alkanes of at least 4 members (excludes halogenated alkanes) is 1. The Morgan fingerprint density at radius 3 is 2.78 bits per heavy atom. The molecule has 0 fully saturated rings. The summed E-state index contributed by atoms with van der Waals surface area (Å²) in [7, 11) is 0. The minimum atomic E-state index is 1.01. The van der Waals surface area contributed by atoms with Gasteiger partial charge in [-0.15, -0.1) is 0 Å². The Hall–Kier alpha value is -0.530. The first-order valence-electron chi connectivity index (χ1n) is 3.66. The van der Waals surface area contributed by atoms with Crippen LogP contribution in [0, 0.1) is 0 Å². The van der Waals surface area contributed by atoms with E-state index >= 15 is 0 Å². The summed E-state index contributed by atoms with van der Waals surface area (Å²) >= 11 is 0. The van der Waals surface area contributed by atoms with Gasteiger partial charge in [0.2, 0.25) is 0 Å². The van der Waals surface area contributed by atoms with E-state index in [-0.39, 0.29) is 0 Å². The van der Waals surface area contributed by atoms with E-state index in [1.54, 1.807) is 0 Å². The molecule has 0 rings (SSSR count). The van der Waals surface area contributed by atoms with Crippen molar-refractivity contribution in [1.82, 2.24) is 5.43 Å². The summed E-state index contributed by atoms with van der Waals surface area (Å²) < 4.78 is 0. The van der Waals surface area contributed by atoms with Crippen molar-refractivity contribution in [3.63, 3.8) is 0 Å². The zero-order valence-electron chi connectivity index (χ0n) is 6.35. The summed E-state index contributed by atoms with van der Waals surface area (Å²) in [6, 6.07) is 0. The van der Waals surface area contributed by atoms with E-state index < -0.39 is 0 Å². The third-order valence-electron chi connectivity index (χ3n) is 1.01. The zero-order valence-corrected chi connectivity index (χ0v) is 6.35. The van der Waals surface area contributed by atoms with Gasteiger partial charge in [0.1, 0.15) is 0 Å². The quantitative estimate of drug-likeness (QED) is 0.340. The first-order chi connectivity index (χ1) is 4.41. The summed E-state index contributed by atoms with van der Waals surface area (Å²) in [5, 5.41) is 3.95. The van der Waals surface area contributed by atoms with Crippen LogP contribution >= 0.6 is 0 Å². The molecule has 0 unspecified atom stereocenters. The average molecular weight is 128 g/mol. The molecule has 0 amide bonds. The molecule has 0 aromatic carbocycles. The standard InChI is InChI=1S/C7H16N2/c1-3-5-7-9-8-6-4-2/h6,9H,3-5,7H2,1-2H3/b8-6-. The second kappa shape index (κ2) is 7.47. The van der Waals surface area contributed by atoms with Crippen LogP contribution in [-0.4, -0.2) is 12.8 Å². The molecule has 2 heteroatoms. The highest BCUT2D eigenvalue weighted by molar-refractivity contribution is 5.55. The van der Waals surface area contributed by atoms with Crippen molar-refractivity contribution in [2.24, 2.45) is 5.10 Å². The van der Waals surface area contributed by atoms with Crippen LogP contribution in [0.25, 0.3) is 0 Å². The van der Waals surface area contributed by atoms with E-state index in [0.29, 0.717) is 0 Å². The van der Waals surface area contributed by atoms with Gasteiger partial charge in [0.05, 0.1) is 0 Å². The smallest absolute Gasteiger partial charge is 0.0329 e. The summed E-state index contributed by atoms with van der Waals surface area (Å²) in [4.78, 5) is 0. The molecule has 0 bridgehead atoms. The van der Waals surface area contributed by atoms with E-state index in [0.717, 1.165) is 13.0 Å². The van der Waals surface area contributed by atoms with Crippen molar-refractivity contribution in [1.29, 1.82) is 0 Å². The number of hydrogen-bond acceptors (Lipinski definition) is 2. The topological polar surface area (TPSA) is 24.4 Å². The highest BCUT2D eigenvalue weighted by Gasteiger charge is 1.77. The SMILES string of the molecule is CC/C=N\NCCCC. The fourth-order valence-electron chi connectivity index (χ4n) is 0.476. The normalized spacial score (nSPS) is 10.4. The summed E-state index contributed by atoms with van der Waals surface area (Å²) in [5.74, 6) is 0. The van der Waals surface area contributed by atoms with Gasteiger partial charge in [-0.2, -0.15) is 5.10 Å². The summed E-state index contributed by atoms with van der Waals surface area (Å²) in [5.41, 5.74) is 2.96. The minimum Gasteiger partial charge on any atom is -0.310 e. The molecule has 9 heavy (non-hydrogen) atoms. The fraction of sp³-hybridized carbons (Fsp3) is 0.857. The molecule has 0 aromatic rings. The van der Waals surface area contributed by atoms with Gasteiger partial charge in [-0.25, -0.2) is 0 Å². The molecular weight excluding hydrogens is 112 g/mol. The zero-order chi connectivity index (χ0) is 6.95. The Morgan fingerprint density at radius 1 is 1.44 bits per heavy atom. The molecule has 0 heterocycles. The Labute approximate surface area is 57.3 Å². The van der Waals surface area contributed by atoms with Crippen molar-refractivity contribution in [2.45, 2.75) is 33.1 Å². The summed E-state index contributed by atoms with van der Waals surface area (Å²) in [6.45, 7) is 5.25. The molecule has 0 aliphatic heterocycles. The van der Waals surface area contributed by atoms with Gasteiger partial charge in [-0.3, -0.25) is 0 Å². The number of hydrazone groups is 1. The van der Waals surface area contributed by atoms with Crippen LogP contribution in [0.1, 0.15) is 33.1 Å². The fourth-order valence-corrected chi connectivity index (χ4v) is 0.476. The first-order valence-corrected chi connectivity index (χ1v) is 3.66. The van der Waals surface area contributed by atoms with Gasteiger partial charge in [0, 0.05) is 12.8 Å². The Balaban J connectivity index is 2.82. The molecule has 0 aliphatic rings. The maximum Gasteiger partial charge on any atom is 0.0329 e. The monoisotopic (exact) mass is 128 g/mol. The number of nitrogens with one attached hydrogen (secondary N) is 1. The number of rotatable bonds is 5. The van der Waals surface area contributed by atoms with Gasteiger partial charge in [0.15, 0.2) is 0 Å². The van der Waals surface area contributed by atoms with Crippen LogP contribution in [-0.2, 0) is 0 Å². The highest BCUT2D eigenvalue weighted by atomic mass is 15.3. The van der Waals surface area contributed by atoms with Crippen LogP contribution in [0.2, 0.25) is 0 Å². The Kier molecular flexibility index (Phi) is 7.03. The maximum atomic E-state index is 3.95. The second-order valence-electron chi connectivity index (χ2n) is 1.98. The Bertz CT molecular complexity index is 69.3. The predicted octanol–water partition coefficient (Wildman–Crippen LogP) is 1.77. The lowest BCUT2D eigenvalue weighted by Crippen LogP contribution is -2.06. The van der Waals surface area contributed by atoms with Crippen molar-refractivity contribution in [2.75, 3.05) is 6.54 Å². The third kappa shape index (κ3) is 7.47. The largest absolute Gasteiger partial charge is 0.310 e. The molecule has 0 aromatic heterocycles. The second-order valence-corrected chi connectivity index (χ2v) is 1.98. The van der Waals surface area contributed by atoms with E-state index in [1.807, 2.05) is 6.21 Å². The number of hydrogen-bond donors (Lipinski definition) is 1. The van der Waals surface area contributed by atoms with Crippen LogP contribution in [0.4, 0.5) is 0 Å². The molecular formula is C7H16N2. The van der Waals surface area contributed by atoms with Crippen LogP contribution in [0.3, 0.4) is 0 Å². The van der Waals surface area contributed by atoms with E-state index in [9.17, 15) is 0 Å². The summed E-state index contributed by atoms with van der Waals surface area (Å²) in [6.07, 6.45) is 5.34. The predicted molar refractivity (Wildman–Crippen MR) is 41.7 cm³/mol. The molecule has 1 N–H and O–H groups in total. The number of nitrogens with zero attached hydrogens (tertiary/aromatic N) is 1. The molecule has 0 aliphatic carbocycles. The lowest BCUT2D eigenvalue weighted by atomic mass is 10.3. The van der Waals surface area contributed by atoms with Crippen LogP contribution < -0.4 is 5.43 Å². The highest BCUT2D eigenvalue weighted by Crippen LogP contribution is 1.81. The lowest BCUT2D eigenvalue weighted by molar-refractivity contribution is 0.672. The molecule has 0 atom stereocenters. The molecule has 0 saturated carbocycles. The van der Waals surface area contributed by atoms with E-state index in [4.69, 9.17) is 0 Å². The van der Waals surface area contributed by atoms with Gasteiger partial charge in [-0.05, 0) is 12.8 Å². The molecule has 2 nitrogen and oxygen atoms in total. The minimum absolute atomic E-state index is 1.01. The van der Waals surface area contributed by atoms with Crippen molar-refractivity contribution in [3.05, 3.63) is 0 Å². The average Bonchev–Trinajstić information content (AvgIpc) is 1.89. The van der Waals surface area contributed by atoms with E-state index in [1.165, 1.54) is 12.8 Å². The van der Waals surface area contributed by atoms with Gasteiger partial charge < -0.3 is 5.43 Å². The van der Waals surface area contributed by atoms with Crippen molar-refractivity contribution < 1.29 is 0 Å². The van der Waals surface area contributed by atoms with Gasteiger partial charge in [-0.1, -0.05) is 20.3 Å². The van der Waals surface area contributed by atoms with Gasteiger partial charge in [0.25, 0.3) is 0 Å². The lowest BCUT2D eigenvalue weighted by Gasteiger charge is -1.94. The van der Waals surface area contributed by atoms with E-state index in [2.05, 4.69) is 24.4 Å². The third-order valence-corrected chi connectivity index (χ3v) is 1.01. The van der Waals surface area contributed by atoms with Crippen molar-refractivity contribution in [3.8, 4) is 0 Å². The first kappa shape index (κ1) is 8.47. The molecule has 54 valence electrons. The van der Waals surface area contributed by atoms with Gasteiger partial charge >= 0.3 is 0 Å². The van der Waals surface area contributed by atoms with Crippen LogP contribution in [0.5, 0.6) is 0 Å². The molecule has 0 radical (unpaired) electrons. The molecule has 0 spiro atoms. The Morgan fingerprint density at radius 2 is 2.22 bits per heavy atom. The maximum absolute atomic E-state index is 3.95. The van der Waals surface area contributed by atoms with Crippen LogP contribution in [0.15, 0.2) is 5.10 Å². The van der Waals surface area contributed by atoms with Crippen molar-refractivity contribution >= 4 is 6.21 Å².